The average Bonchev–Trinajstić information content (AvgIpc) is 2.43. The Morgan fingerprint density at radius 2 is 1.75 bits per heavy atom. The average molecular weight is 289 g/mol. The van der Waals surface area contributed by atoms with Crippen LogP contribution in [-0.2, 0) is 4.74 Å². The highest BCUT2D eigenvalue weighted by Crippen LogP contribution is 2.13. The highest BCUT2D eigenvalue weighted by atomic mass is 19.2. The van der Waals surface area contributed by atoms with E-state index < -0.39 is 23.4 Å². The molecule has 0 fully saturated rings. The van der Waals surface area contributed by atoms with Gasteiger partial charge in [0.1, 0.15) is 0 Å². The van der Waals surface area contributed by atoms with Gasteiger partial charge in [-0.25, -0.2) is 13.2 Å². The maximum atomic E-state index is 12.9. The highest BCUT2D eigenvalue weighted by molar-refractivity contribution is 5.94. The van der Waals surface area contributed by atoms with Gasteiger partial charge in [0, 0.05) is 25.3 Å². The Morgan fingerprint density at radius 3 is 2.35 bits per heavy atom. The molecule has 0 atom stereocenters. The second-order valence-electron chi connectivity index (χ2n) is 4.33. The maximum absolute atomic E-state index is 12.9. The molecule has 0 aromatic heterocycles. The summed E-state index contributed by atoms with van der Waals surface area (Å²) in [5.74, 6) is -4.97. The Hall–Kier alpha value is -1.56. The summed E-state index contributed by atoms with van der Waals surface area (Å²) in [6.45, 7) is 3.57. The predicted molar refractivity (Wildman–Crippen MR) is 69.0 cm³/mol. The first-order valence-corrected chi connectivity index (χ1v) is 6.56. The monoisotopic (exact) mass is 289 g/mol. The maximum Gasteiger partial charge on any atom is 0.251 e. The van der Waals surface area contributed by atoms with Gasteiger partial charge in [0.2, 0.25) is 0 Å². The van der Waals surface area contributed by atoms with Gasteiger partial charge in [-0.05, 0) is 25.0 Å². The molecule has 1 N–H and O–H groups in total. The number of nitrogens with one attached hydrogen (secondary N) is 1. The van der Waals surface area contributed by atoms with Gasteiger partial charge in [0.05, 0.1) is 0 Å². The lowest BCUT2D eigenvalue weighted by atomic mass is 10.2. The number of carbonyl (C=O) groups is 1. The van der Waals surface area contributed by atoms with Crippen LogP contribution in [0.2, 0.25) is 0 Å². The summed E-state index contributed by atoms with van der Waals surface area (Å²) in [4.78, 5) is 11.6. The van der Waals surface area contributed by atoms with Crippen molar-refractivity contribution in [3.8, 4) is 0 Å². The van der Waals surface area contributed by atoms with Crippen molar-refractivity contribution in [3.05, 3.63) is 35.1 Å². The molecule has 0 unspecified atom stereocenters. The molecule has 0 aliphatic rings. The SMILES string of the molecule is CCCCOCCCNC(=O)c1cc(F)c(F)c(F)c1. The molecule has 6 heteroatoms. The fourth-order valence-corrected chi connectivity index (χ4v) is 1.51. The third kappa shape index (κ3) is 5.21. The molecule has 1 amide bonds. The van der Waals surface area contributed by atoms with Gasteiger partial charge in [-0.2, -0.15) is 0 Å². The van der Waals surface area contributed by atoms with Gasteiger partial charge in [0.15, 0.2) is 17.5 Å². The molecule has 0 heterocycles. The Morgan fingerprint density at radius 1 is 1.15 bits per heavy atom. The summed E-state index contributed by atoms with van der Waals surface area (Å²) in [6.07, 6.45) is 2.64. The first kappa shape index (κ1) is 16.5. The molecule has 0 radical (unpaired) electrons. The summed E-state index contributed by atoms with van der Waals surface area (Å²) in [5.41, 5.74) is -0.242. The zero-order valence-corrected chi connectivity index (χ0v) is 11.3. The van der Waals surface area contributed by atoms with Gasteiger partial charge in [-0.3, -0.25) is 4.79 Å². The Kier molecular flexibility index (Phi) is 7.08. The van der Waals surface area contributed by atoms with Crippen molar-refractivity contribution in [2.24, 2.45) is 0 Å². The number of halogens is 3. The molecule has 0 spiro atoms. The first-order chi connectivity index (χ1) is 9.56. The van der Waals surface area contributed by atoms with E-state index in [-0.39, 0.29) is 5.56 Å². The smallest absolute Gasteiger partial charge is 0.251 e. The fourth-order valence-electron chi connectivity index (χ4n) is 1.51. The Bertz CT molecular complexity index is 429. The van der Waals surface area contributed by atoms with E-state index in [0.717, 1.165) is 12.8 Å². The molecular formula is C14H18F3NO2. The minimum absolute atomic E-state index is 0.242. The fraction of sp³-hybridized carbons (Fsp3) is 0.500. The lowest BCUT2D eigenvalue weighted by molar-refractivity contribution is 0.0939. The molecule has 0 saturated heterocycles. The van der Waals surface area contributed by atoms with E-state index in [1.807, 2.05) is 0 Å². The number of hydrogen-bond acceptors (Lipinski definition) is 2. The number of rotatable bonds is 8. The topological polar surface area (TPSA) is 38.3 Å². The number of unbranched alkanes of at least 4 members (excludes halogenated alkanes) is 1. The minimum Gasteiger partial charge on any atom is -0.381 e. The molecule has 0 aliphatic carbocycles. The highest BCUT2D eigenvalue weighted by Gasteiger charge is 2.14. The summed E-state index contributed by atoms with van der Waals surface area (Å²) in [5, 5.41) is 2.49. The van der Waals surface area contributed by atoms with Crippen molar-refractivity contribution in [1.29, 1.82) is 0 Å². The number of carbonyl (C=O) groups excluding carboxylic acids is 1. The summed E-state index contributed by atoms with van der Waals surface area (Å²) >= 11 is 0. The molecule has 1 rings (SSSR count). The van der Waals surface area contributed by atoms with Gasteiger partial charge >= 0.3 is 0 Å². The normalized spacial score (nSPS) is 10.6. The first-order valence-electron chi connectivity index (χ1n) is 6.56. The van der Waals surface area contributed by atoms with E-state index in [1.165, 1.54) is 0 Å². The van der Waals surface area contributed by atoms with Crippen LogP contribution in [0.4, 0.5) is 13.2 Å². The molecule has 3 nitrogen and oxygen atoms in total. The Labute approximate surface area is 116 Å². The number of amides is 1. The molecule has 112 valence electrons. The lowest BCUT2D eigenvalue weighted by Crippen LogP contribution is -2.25. The van der Waals surface area contributed by atoms with Crippen molar-refractivity contribution < 1.29 is 22.7 Å². The van der Waals surface area contributed by atoms with Crippen LogP contribution >= 0.6 is 0 Å². The molecule has 0 aliphatic heterocycles. The minimum atomic E-state index is -1.58. The van der Waals surface area contributed by atoms with E-state index in [0.29, 0.717) is 38.3 Å². The van der Waals surface area contributed by atoms with Crippen LogP contribution in [-0.4, -0.2) is 25.7 Å². The Balaban J connectivity index is 2.33. The third-order valence-corrected chi connectivity index (χ3v) is 2.64. The van der Waals surface area contributed by atoms with Crippen molar-refractivity contribution in [1.82, 2.24) is 5.32 Å². The van der Waals surface area contributed by atoms with Crippen molar-refractivity contribution in [2.45, 2.75) is 26.2 Å². The van der Waals surface area contributed by atoms with Crippen LogP contribution in [0.15, 0.2) is 12.1 Å². The van der Waals surface area contributed by atoms with Crippen LogP contribution in [0.3, 0.4) is 0 Å². The van der Waals surface area contributed by atoms with E-state index in [9.17, 15) is 18.0 Å². The molecule has 1 aromatic carbocycles. The van der Waals surface area contributed by atoms with Crippen LogP contribution in [0.25, 0.3) is 0 Å². The van der Waals surface area contributed by atoms with E-state index in [1.54, 1.807) is 0 Å². The lowest BCUT2D eigenvalue weighted by Gasteiger charge is -2.07. The zero-order valence-electron chi connectivity index (χ0n) is 11.3. The molecular weight excluding hydrogens is 271 g/mol. The van der Waals surface area contributed by atoms with Crippen LogP contribution in [0, 0.1) is 17.5 Å². The second kappa shape index (κ2) is 8.58. The summed E-state index contributed by atoms with van der Waals surface area (Å²) < 4.78 is 43.9. The third-order valence-electron chi connectivity index (χ3n) is 2.64. The molecule has 0 saturated carbocycles. The summed E-state index contributed by atoms with van der Waals surface area (Å²) in [6, 6.07) is 1.34. The number of ether oxygens (including phenoxy) is 1. The van der Waals surface area contributed by atoms with Gasteiger partial charge in [0.25, 0.3) is 5.91 Å². The van der Waals surface area contributed by atoms with E-state index in [4.69, 9.17) is 4.74 Å². The molecule has 0 bridgehead atoms. The largest absolute Gasteiger partial charge is 0.381 e. The van der Waals surface area contributed by atoms with E-state index in [2.05, 4.69) is 12.2 Å². The van der Waals surface area contributed by atoms with Gasteiger partial charge in [-0.15, -0.1) is 0 Å². The summed E-state index contributed by atoms with van der Waals surface area (Å²) in [7, 11) is 0. The van der Waals surface area contributed by atoms with Crippen molar-refractivity contribution in [2.75, 3.05) is 19.8 Å². The molecule has 20 heavy (non-hydrogen) atoms. The standard InChI is InChI=1S/C14H18F3NO2/c1-2-3-6-20-7-4-5-18-14(19)10-8-11(15)13(17)12(16)9-10/h8-9H,2-7H2,1H3,(H,18,19). The zero-order chi connectivity index (χ0) is 15.0. The van der Waals surface area contributed by atoms with Gasteiger partial charge < -0.3 is 10.1 Å². The number of hydrogen-bond donors (Lipinski definition) is 1. The predicted octanol–water partition coefficient (Wildman–Crippen LogP) is 3.04. The van der Waals surface area contributed by atoms with E-state index >= 15 is 0 Å². The van der Waals surface area contributed by atoms with Gasteiger partial charge in [-0.1, -0.05) is 13.3 Å². The van der Waals surface area contributed by atoms with Crippen LogP contribution in [0.5, 0.6) is 0 Å². The second-order valence-corrected chi connectivity index (χ2v) is 4.33. The van der Waals surface area contributed by atoms with Crippen LogP contribution in [0.1, 0.15) is 36.5 Å². The quantitative estimate of drug-likeness (QED) is 0.590. The molecule has 1 aromatic rings. The number of benzene rings is 1. The van der Waals surface area contributed by atoms with Crippen LogP contribution < -0.4 is 5.32 Å². The van der Waals surface area contributed by atoms with Crippen molar-refractivity contribution in [3.63, 3.8) is 0 Å². The van der Waals surface area contributed by atoms with Crippen molar-refractivity contribution >= 4 is 5.91 Å².